The van der Waals surface area contributed by atoms with Crippen molar-refractivity contribution in [2.75, 3.05) is 0 Å². The van der Waals surface area contributed by atoms with E-state index in [0.29, 0.717) is 0 Å². The van der Waals surface area contributed by atoms with E-state index < -0.39 is 5.83 Å². The van der Waals surface area contributed by atoms with E-state index in [2.05, 4.69) is 11.7 Å². The van der Waals surface area contributed by atoms with Crippen molar-refractivity contribution in [2.24, 2.45) is 0 Å². The highest BCUT2D eigenvalue weighted by Gasteiger charge is 1.97. The Bertz CT molecular complexity index is 285. The Morgan fingerprint density at radius 2 is 2.50 bits per heavy atom. The Kier molecular flexibility index (Phi) is 2.80. The molecule has 0 aliphatic rings. The third kappa shape index (κ3) is 2.05. The Balaban J connectivity index is 2.91. The van der Waals surface area contributed by atoms with Gasteiger partial charge in [-0.2, -0.15) is 5.10 Å². The summed E-state index contributed by atoms with van der Waals surface area (Å²) in [5.41, 5.74) is 0.799. The first kappa shape index (κ1) is 8.71. The van der Waals surface area contributed by atoms with Crippen LogP contribution in [0.2, 0.25) is 0 Å². The molecular weight excluding hydrogens is 155 g/mol. The van der Waals surface area contributed by atoms with E-state index in [9.17, 15) is 4.39 Å². The van der Waals surface area contributed by atoms with E-state index in [1.807, 2.05) is 6.92 Å². The lowest BCUT2D eigenvalue weighted by molar-refractivity contribution is 0.669. The Labute approximate surface area is 71.0 Å². The maximum Gasteiger partial charge on any atom is 0.117 e. The van der Waals surface area contributed by atoms with Crippen molar-refractivity contribution >= 4 is 5.70 Å². The van der Waals surface area contributed by atoms with Crippen LogP contribution in [0.4, 0.5) is 4.39 Å². The van der Waals surface area contributed by atoms with Crippen LogP contribution in [0, 0.1) is 0 Å². The average molecular weight is 166 g/mol. The summed E-state index contributed by atoms with van der Waals surface area (Å²) in [6.45, 7) is 5.11. The van der Waals surface area contributed by atoms with Gasteiger partial charge in [0.2, 0.25) is 0 Å². The second-order valence-electron chi connectivity index (χ2n) is 2.39. The highest BCUT2D eigenvalue weighted by Crippen LogP contribution is 2.10. The highest BCUT2D eigenvalue weighted by molar-refractivity contribution is 5.47. The van der Waals surface area contributed by atoms with Gasteiger partial charge in [0.1, 0.15) is 5.83 Å². The molecule has 1 aromatic rings. The average Bonchev–Trinajstić information content (AvgIpc) is 2.51. The van der Waals surface area contributed by atoms with Gasteiger partial charge in [-0.15, -0.1) is 0 Å². The first-order valence-electron chi connectivity index (χ1n) is 3.79. The molecule has 0 atom stereocenters. The second kappa shape index (κ2) is 3.85. The van der Waals surface area contributed by atoms with Crippen molar-refractivity contribution in [2.45, 2.75) is 13.3 Å². The summed E-state index contributed by atoms with van der Waals surface area (Å²) in [5, 5.41) is 3.98. The van der Waals surface area contributed by atoms with Crippen LogP contribution in [0.3, 0.4) is 0 Å². The van der Waals surface area contributed by atoms with Crippen LogP contribution in [0.5, 0.6) is 0 Å². The number of allylic oxidation sites excluding steroid dienone is 3. The van der Waals surface area contributed by atoms with Crippen LogP contribution < -0.4 is 0 Å². The van der Waals surface area contributed by atoms with Crippen molar-refractivity contribution in [1.29, 1.82) is 0 Å². The summed E-state index contributed by atoms with van der Waals surface area (Å²) in [4.78, 5) is 0. The van der Waals surface area contributed by atoms with Crippen LogP contribution in [-0.2, 0) is 0 Å². The first-order chi connectivity index (χ1) is 5.74. The topological polar surface area (TPSA) is 17.8 Å². The molecule has 1 heterocycles. The number of hydrogen-bond acceptors (Lipinski definition) is 1. The van der Waals surface area contributed by atoms with Gasteiger partial charge >= 0.3 is 0 Å². The molecule has 0 unspecified atom stereocenters. The van der Waals surface area contributed by atoms with Crippen molar-refractivity contribution in [1.82, 2.24) is 9.78 Å². The molecule has 0 aromatic carbocycles. The summed E-state index contributed by atoms with van der Waals surface area (Å²) < 4.78 is 14.0. The van der Waals surface area contributed by atoms with Crippen LogP contribution in [0.1, 0.15) is 13.3 Å². The molecule has 1 aromatic heterocycles. The molecule has 0 fully saturated rings. The number of rotatable bonds is 3. The Morgan fingerprint density at radius 1 is 1.75 bits per heavy atom. The van der Waals surface area contributed by atoms with Gasteiger partial charge in [0.25, 0.3) is 0 Å². The lowest BCUT2D eigenvalue weighted by Gasteiger charge is -2.02. The smallest absolute Gasteiger partial charge is 0.117 e. The minimum atomic E-state index is -0.442. The first-order valence-corrected chi connectivity index (χ1v) is 3.79. The standard InChI is InChI=1S/C9H11FN2/c1-3-9(7-8(2)10)12-6-4-5-11-12/h4-7H,2-3H2,1H3/b9-7+. The molecule has 1 rings (SSSR count). The van der Waals surface area contributed by atoms with Gasteiger partial charge < -0.3 is 0 Å². The molecule has 2 nitrogen and oxygen atoms in total. The van der Waals surface area contributed by atoms with E-state index in [1.54, 1.807) is 23.1 Å². The summed E-state index contributed by atoms with van der Waals surface area (Å²) >= 11 is 0. The normalized spacial score (nSPS) is 11.7. The predicted molar refractivity (Wildman–Crippen MR) is 47.0 cm³/mol. The molecule has 64 valence electrons. The van der Waals surface area contributed by atoms with E-state index in [1.165, 1.54) is 6.08 Å². The highest BCUT2D eigenvalue weighted by atomic mass is 19.1. The molecule has 0 aliphatic carbocycles. The quantitative estimate of drug-likeness (QED) is 0.631. The minimum Gasteiger partial charge on any atom is -0.245 e. The SMILES string of the molecule is C=C(F)/C=C(\CC)n1cccn1. The van der Waals surface area contributed by atoms with E-state index in [-0.39, 0.29) is 0 Å². The molecule has 0 saturated carbocycles. The zero-order valence-electron chi connectivity index (χ0n) is 7.00. The second-order valence-corrected chi connectivity index (χ2v) is 2.39. The zero-order chi connectivity index (χ0) is 8.97. The van der Waals surface area contributed by atoms with Gasteiger partial charge in [-0.3, -0.25) is 0 Å². The molecule has 0 N–H and O–H groups in total. The number of aromatic nitrogens is 2. The lowest BCUT2D eigenvalue weighted by atomic mass is 10.3. The molecule has 0 saturated heterocycles. The zero-order valence-corrected chi connectivity index (χ0v) is 7.00. The minimum absolute atomic E-state index is 0.442. The largest absolute Gasteiger partial charge is 0.245 e. The van der Waals surface area contributed by atoms with Gasteiger partial charge in [-0.05, 0) is 18.6 Å². The van der Waals surface area contributed by atoms with Crippen LogP contribution >= 0.6 is 0 Å². The monoisotopic (exact) mass is 166 g/mol. The molecule has 12 heavy (non-hydrogen) atoms. The van der Waals surface area contributed by atoms with Crippen LogP contribution in [-0.4, -0.2) is 9.78 Å². The number of nitrogens with zero attached hydrogens (tertiary/aromatic N) is 2. The summed E-state index contributed by atoms with van der Waals surface area (Å²) in [6.07, 6.45) is 5.54. The van der Waals surface area contributed by atoms with Gasteiger partial charge in [-0.25, -0.2) is 9.07 Å². The maximum absolute atomic E-state index is 12.4. The van der Waals surface area contributed by atoms with Crippen molar-refractivity contribution in [3.8, 4) is 0 Å². The molecule has 0 spiro atoms. The lowest BCUT2D eigenvalue weighted by Crippen LogP contribution is -1.95. The molecule has 0 aliphatic heterocycles. The summed E-state index contributed by atoms with van der Waals surface area (Å²) in [6, 6.07) is 1.80. The van der Waals surface area contributed by atoms with E-state index in [4.69, 9.17) is 0 Å². The van der Waals surface area contributed by atoms with E-state index >= 15 is 0 Å². The fraction of sp³-hybridized carbons (Fsp3) is 0.222. The van der Waals surface area contributed by atoms with Gasteiger partial charge in [0.05, 0.1) is 0 Å². The fourth-order valence-electron chi connectivity index (χ4n) is 0.950. The molecular formula is C9H11FN2. The number of hydrogen-bond donors (Lipinski definition) is 0. The van der Waals surface area contributed by atoms with E-state index in [0.717, 1.165) is 12.1 Å². The van der Waals surface area contributed by atoms with Gasteiger partial charge in [0.15, 0.2) is 0 Å². The van der Waals surface area contributed by atoms with Crippen molar-refractivity contribution in [3.63, 3.8) is 0 Å². The summed E-state index contributed by atoms with van der Waals surface area (Å²) in [5.74, 6) is -0.442. The third-order valence-electron chi connectivity index (χ3n) is 1.48. The third-order valence-corrected chi connectivity index (χ3v) is 1.48. The maximum atomic E-state index is 12.4. The van der Waals surface area contributed by atoms with Crippen molar-refractivity contribution in [3.05, 3.63) is 36.9 Å². The predicted octanol–water partition coefficient (Wildman–Crippen LogP) is 2.62. The molecule has 3 heteroatoms. The molecule has 0 amide bonds. The van der Waals surface area contributed by atoms with Crippen LogP contribution in [0.15, 0.2) is 36.9 Å². The summed E-state index contributed by atoms with van der Waals surface area (Å²) in [7, 11) is 0. The van der Waals surface area contributed by atoms with Crippen molar-refractivity contribution < 1.29 is 4.39 Å². The van der Waals surface area contributed by atoms with Gasteiger partial charge in [-0.1, -0.05) is 13.5 Å². The van der Waals surface area contributed by atoms with Crippen LogP contribution in [0.25, 0.3) is 5.70 Å². The Hall–Kier alpha value is -1.38. The number of halogens is 1. The Morgan fingerprint density at radius 3 is 2.92 bits per heavy atom. The molecule has 0 radical (unpaired) electrons. The fourth-order valence-corrected chi connectivity index (χ4v) is 0.950. The van der Waals surface area contributed by atoms with Gasteiger partial charge in [0, 0.05) is 18.1 Å². The molecule has 0 bridgehead atoms.